The molecule has 15 heteroatoms. The monoisotopic (exact) mass is 641 g/mol. The van der Waals surface area contributed by atoms with E-state index in [1.807, 2.05) is 18.2 Å². The van der Waals surface area contributed by atoms with Crippen molar-refractivity contribution in [3.63, 3.8) is 0 Å². The van der Waals surface area contributed by atoms with Gasteiger partial charge in [-0.05, 0) is 57.5 Å². The normalized spacial score (nSPS) is 17.6. The zero-order chi connectivity index (χ0) is 33.3. The van der Waals surface area contributed by atoms with Crippen molar-refractivity contribution in [2.24, 2.45) is 0 Å². The number of aliphatic hydroxyl groups excluding tert-OH is 1. The second-order valence-electron chi connectivity index (χ2n) is 10.9. The fourth-order valence-electron chi connectivity index (χ4n) is 5.34. The number of nitrogens with two attached hydrogens (primary N) is 1. The van der Waals surface area contributed by atoms with Crippen LogP contribution in [0.15, 0.2) is 42.7 Å². The van der Waals surface area contributed by atoms with Crippen LogP contribution in [0.5, 0.6) is 5.75 Å². The van der Waals surface area contributed by atoms with Crippen molar-refractivity contribution in [3.8, 4) is 17.0 Å². The van der Waals surface area contributed by atoms with Crippen molar-refractivity contribution >= 4 is 29.0 Å². The van der Waals surface area contributed by atoms with Crippen LogP contribution < -0.4 is 15.8 Å². The number of amides is 2. The van der Waals surface area contributed by atoms with Crippen LogP contribution in [0.4, 0.5) is 24.8 Å². The summed E-state index contributed by atoms with van der Waals surface area (Å²) in [4.78, 5) is 40.6. The van der Waals surface area contributed by atoms with E-state index in [0.29, 0.717) is 29.0 Å². The Morgan fingerprint density at radius 2 is 1.98 bits per heavy atom. The Morgan fingerprint density at radius 3 is 2.65 bits per heavy atom. The average molecular weight is 642 g/mol. The van der Waals surface area contributed by atoms with E-state index in [1.165, 1.54) is 19.1 Å². The quantitative estimate of drug-likeness (QED) is 0.256. The van der Waals surface area contributed by atoms with E-state index < -0.39 is 35.8 Å². The largest absolute Gasteiger partial charge is 0.493 e. The molecule has 2 amide bonds. The SMILES string of the molecule is CCOc1cc(C(=O)Nc2cc(C(F)(F)F)ccn2)ccc1-c1nc([C@H]2CN(C(=O)C(C)O)[C@@H](C)CO2)n2c(CC)cnc(N)c12. The molecule has 12 nitrogen and oxygen atoms in total. The highest BCUT2D eigenvalue weighted by atomic mass is 19.4. The maximum Gasteiger partial charge on any atom is 0.416 e. The van der Waals surface area contributed by atoms with Gasteiger partial charge in [-0.2, -0.15) is 13.2 Å². The molecule has 1 fully saturated rings. The van der Waals surface area contributed by atoms with Gasteiger partial charge in [-0.15, -0.1) is 0 Å². The fourth-order valence-corrected chi connectivity index (χ4v) is 5.34. The van der Waals surface area contributed by atoms with Gasteiger partial charge in [-0.3, -0.25) is 14.0 Å². The van der Waals surface area contributed by atoms with Gasteiger partial charge in [0.2, 0.25) is 0 Å². The molecule has 0 radical (unpaired) electrons. The molecular weight excluding hydrogens is 607 g/mol. The van der Waals surface area contributed by atoms with Gasteiger partial charge in [0.05, 0.1) is 31.4 Å². The van der Waals surface area contributed by atoms with Crippen LogP contribution in [-0.4, -0.2) is 73.1 Å². The summed E-state index contributed by atoms with van der Waals surface area (Å²) >= 11 is 0. The number of carbonyl (C=O) groups excluding carboxylic acids is 2. The Hall–Kier alpha value is -4.76. The number of nitrogens with one attached hydrogen (secondary N) is 1. The molecule has 0 saturated carbocycles. The number of hydrogen-bond donors (Lipinski definition) is 3. The number of aromatic nitrogens is 4. The highest BCUT2D eigenvalue weighted by Gasteiger charge is 2.36. The second kappa shape index (κ2) is 12.9. The van der Waals surface area contributed by atoms with Crippen molar-refractivity contribution in [1.29, 1.82) is 0 Å². The van der Waals surface area contributed by atoms with Gasteiger partial charge in [0.15, 0.2) is 0 Å². The van der Waals surface area contributed by atoms with E-state index in [2.05, 4.69) is 15.3 Å². The van der Waals surface area contributed by atoms with Crippen molar-refractivity contribution in [2.75, 3.05) is 30.8 Å². The van der Waals surface area contributed by atoms with Gasteiger partial charge in [-0.1, -0.05) is 6.92 Å². The summed E-state index contributed by atoms with van der Waals surface area (Å²) in [5.41, 5.74) is 7.69. The standard InChI is InChI=1S/C31H34F3N7O5/c1-5-20-13-37-27(35)26-25(39-28(41(20)26)23-14-40(16(3)15-46-23)30(44)17(4)42)21-8-7-18(11-22(21)45-6-2)29(43)38-24-12-19(9-10-36-24)31(32,33)34/h7-13,16-17,23,42H,5-6,14-15H2,1-4H3,(H2,35,37)(H,36,38,43)/t16-,17?,23+/m0/s1. The van der Waals surface area contributed by atoms with Crippen LogP contribution in [-0.2, 0) is 22.1 Å². The molecule has 0 aliphatic carbocycles. The Kier molecular flexibility index (Phi) is 9.17. The molecule has 4 aromatic rings. The topological polar surface area (TPSA) is 157 Å². The summed E-state index contributed by atoms with van der Waals surface area (Å²) in [6.07, 6.45) is -3.29. The van der Waals surface area contributed by atoms with Gasteiger partial charge in [0, 0.05) is 29.2 Å². The number of aliphatic hydroxyl groups is 1. The van der Waals surface area contributed by atoms with Crippen LogP contribution >= 0.6 is 0 Å². The molecule has 5 rings (SSSR count). The number of halogens is 3. The van der Waals surface area contributed by atoms with E-state index in [0.717, 1.165) is 24.0 Å². The maximum absolute atomic E-state index is 13.2. The second-order valence-corrected chi connectivity index (χ2v) is 10.9. The lowest BCUT2D eigenvalue weighted by molar-refractivity contribution is -0.152. The van der Waals surface area contributed by atoms with Crippen LogP contribution in [0.3, 0.4) is 0 Å². The Bertz CT molecular complexity index is 1780. The van der Waals surface area contributed by atoms with Gasteiger partial charge in [-0.25, -0.2) is 15.0 Å². The third-order valence-electron chi connectivity index (χ3n) is 7.64. The zero-order valence-electron chi connectivity index (χ0n) is 25.6. The smallest absolute Gasteiger partial charge is 0.416 e. The number of pyridine rings is 1. The number of alkyl halides is 3. The fraction of sp³-hybridized carbons (Fsp3) is 0.387. The molecule has 1 aliphatic heterocycles. The number of ether oxygens (including phenoxy) is 2. The zero-order valence-corrected chi connectivity index (χ0v) is 25.6. The maximum atomic E-state index is 13.2. The van der Waals surface area contributed by atoms with Crippen molar-refractivity contribution in [2.45, 2.75) is 58.5 Å². The van der Waals surface area contributed by atoms with Crippen LogP contribution in [0.1, 0.15) is 61.2 Å². The first-order chi connectivity index (χ1) is 21.8. The third kappa shape index (κ3) is 6.33. The van der Waals surface area contributed by atoms with E-state index in [1.54, 1.807) is 24.1 Å². The summed E-state index contributed by atoms with van der Waals surface area (Å²) in [7, 11) is 0. The summed E-state index contributed by atoms with van der Waals surface area (Å²) in [6.45, 7) is 7.52. The predicted octanol–water partition coefficient (Wildman–Crippen LogP) is 4.27. The molecule has 1 unspecified atom stereocenters. The minimum Gasteiger partial charge on any atom is -0.493 e. The van der Waals surface area contributed by atoms with Gasteiger partial charge in [0.25, 0.3) is 11.8 Å². The molecule has 46 heavy (non-hydrogen) atoms. The summed E-state index contributed by atoms with van der Waals surface area (Å²) < 4.78 is 53.4. The average Bonchev–Trinajstić information content (AvgIpc) is 3.42. The molecule has 3 atom stereocenters. The lowest BCUT2D eigenvalue weighted by atomic mass is 10.1. The number of imidazole rings is 1. The highest BCUT2D eigenvalue weighted by molar-refractivity contribution is 6.04. The molecule has 4 heterocycles. The molecule has 3 aromatic heterocycles. The molecule has 244 valence electrons. The summed E-state index contributed by atoms with van der Waals surface area (Å²) in [5.74, 6) is -0.479. The van der Waals surface area contributed by atoms with Gasteiger partial charge < -0.3 is 30.5 Å². The molecule has 0 spiro atoms. The lowest BCUT2D eigenvalue weighted by Crippen LogP contribution is -2.51. The van der Waals surface area contributed by atoms with Gasteiger partial charge >= 0.3 is 6.18 Å². The van der Waals surface area contributed by atoms with Gasteiger partial charge in [0.1, 0.15) is 46.6 Å². The number of nitrogen functional groups attached to an aromatic ring is 1. The van der Waals surface area contributed by atoms with Crippen molar-refractivity contribution in [3.05, 3.63) is 65.4 Å². The first kappa shape index (κ1) is 32.6. The van der Waals surface area contributed by atoms with Crippen molar-refractivity contribution in [1.82, 2.24) is 24.3 Å². The number of aryl methyl sites for hydroxylation is 1. The Labute approximate surface area is 262 Å². The number of hydrogen-bond acceptors (Lipinski definition) is 9. The van der Waals surface area contributed by atoms with E-state index >= 15 is 0 Å². The van der Waals surface area contributed by atoms with Crippen LogP contribution in [0, 0.1) is 0 Å². The van der Waals surface area contributed by atoms with Crippen LogP contribution in [0.25, 0.3) is 16.8 Å². The number of anilines is 2. The van der Waals surface area contributed by atoms with Crippen LogP contribution in [0.2, 0.25) is 0 Å². The minimum atomic E-state index is -4.60. The first-order valence-corrected chi connectivity index (χ1v) is 14.7. The number of nitrogens with zero attached hydrogens (tertiary/aromatic N) is 5. The number of fused-ring (bicyclic) bond motifs is 1. The van der Waals surface area contributed by atoms with Crippen molar-refractivity contribution < 1.29 is 37.3 Å². The highest BCUT2D eigenvalue weighted by Crippen LogP contribution is 2.39. The molecular formula is C31H34F3N7O5. The predicted molar refractivity (Wildman–Crippen MR) is 162 cm³/mol. The molecule has 0 bridgehead atoms. The minimum absolute atomic E-state index is 0.104. The first-order valence-electron chi connectivity index (χ1n) is 14.7. The number of carbonyl (C=O) groups is 2. The van der Waals surface area contributed by atoms with E-state index in [-0.39, 0.29) is 48.7 Å². The molecule has 1 saturated heterocycles. The number of morpholine rings is 1. The summed E-state index contributed by atoms with van der Waals surface area (Å²) in [5, 5.41) is 12.4. The Balaban J connectivity index is 1.57. The molecule has 1 aliphatic rings. The third-order valence-corrected chi connectivity index (χ3v) is 7.64. The van der Waals surface area contributed by atoms with E-state index in [9.17, 15) is 27.9 Å². The molecule has 4 N–H and O–H groups in total. The summed E-state index contributed by atoms with van der Waals surface area (Å²) in [6, 6.07) is 5.85. The number of benzene rings is 1. The lowest BCUT2D eigenvalue weighted by Gasteiger charge is -2.38. The number of rotatable bonds is 8. The Morgan fingerprint density at radius 1 is 1.22 bits per heavy atom. The van der Waals surface area contributed by atoms with E-state index in [4.69, 9.17) is 20.2 Å². The molecule has 1 aromatic carbocycles.